The van der Waals surface area contributed by atoms with E-state index in [0.717, 1.165) is 17.8 Å². The molecule has 0 unspecified atom stereocenters. The molecule has 0 spiro atoms. The average molecular weight is 301 g/mol. The summed E-state index contributed by atoms with van der Waals surface area (Å²) in [5.41, 5.74) is 3.81. The highest BCUT2D eigenvalue weighted by Gasteiger charge is 2.09. The average Bonchev–Trinajstić information content (AvgIpc) is 2.96. The molecular formula is C16H17ClN4. The predicted octanol–water partition coefficient (Wildman–Crippen LogP) is 3.72. The summed E-state index contributed by atoms with van der Waals surface area (Å²) in [6, 6.07) is 8.67. The topological polar surface area (TPSA) is 42.2 Å². The first-order valence-electron chi connectivity index (χ1n) is 7.02. The molecule has 0 fully saturated rings. The Hall–Kier alpha value is -1.91. The van der Waals surface area contributed by atoms with Crippen LogP contribution in [0.3, 0.4) is 0 Å². The molecule has 0 aliphatic rings. The van der Waals surface area contributed by atoms with Crippen molar-refractivity contribution in [3.8, 4) is 11.3 Å². The largest absolute Gasteiger partial charge is 0.310 e. The van der Waals surface area contributed by atoms with Crippen LogP contribution in [-0.4, -0.2) is 20.9 Å². The first-order chi connectivity index (χ1) is 10.2. The zero-order valence-corrected chi connectivity index (χ0v) is 12.8. The fraction of sp³-hybridized carbons (Fsp3) is 0.250. The van der Waals surface area contributed by atoms with Crippen LogP contribution in [0.15, 0.2) is 42.9 Å². The third kappa shape index (κ3) is 2.77. The lowest BCUT2D eigenvalue weighted by atomic mass is 10.0. The van der Waals surface area contributed by atoms with Crippen molar-refractivity contribution < 1.29 is 0 Å². The molecule has 3 aromatic rings. The molecule has 108 valence electrons. The Morgan fingerprint density at radius 1 is 1.38 bits per heavy atom. The molecule has 0 aliphatic carbocycles. The second-order valence-electron chi connectivity index (χ2n) is 4.98. The normalized spacial score (nSPS) is 12.7. The van der Waals surface area contributed by atoms with E-state index in [9.17, 15) is 0 Å². The van der Waals surface area contributed by atoms with Gasteiger partial charge in [0, 0.05) is 30.2 Å². The zero-order valence-electron chi connectivity index (χ0n) is 12.0. The molecule has 1 N–H and O–H groups in total. The van der Waals surface area contributed by atoms with E-state index < -0.39 is 0 Å². The maximum absolute atomic E-state index is 6.20. The highest BCUT2D eigenvalue weighted by atomic mass is 35.5. The zero-order chi connectivity index (χ0) is 14.8. The molecule has 2 heterocycles. The van der Waals surface area contributed by atoms with Crippen molar-refractivity contribution in [3.63, 3.8) is 0 Å². The van der Waals surface area contributed by atoms with Gasteiger partial charge < -0.3 is 9.72 Å². The molecule has 1 atom stereocenters. The summed E-state index contributed by atoms with van der Waals surface area (Å²) < 4.78 is 1.89. The van der Waals surface area contributed by atoms with Gasteiger partial charge in [0.1, 0.15) is 0 Å². The lowest BCUT2D eigenvalue weighted by Crippen LogP contribution is -2.17. The Labute approximate surface area is 128 Å². The van der Waals surface area contributed by atoms with E-state index in [0.29, 0.717) is 16.8 Å². The Balaban J connectivity index is 2.03. The number of benzene rings is 1. The van der Waals surface area contributed by atoms with E-state index >= 15 is 0 Å². The molecule has 4 nitrogen and oxygen atoms in total. The summed E-state index contributed by atoms with van der Waals surface area (Å²) in [5.74, 6) is 0. The van der Waals surface area contributed by atoms with Crippen LogP contribution in [0.2, 0.25) is 5.15 Å². The van der Waals surface area contributed by atoms with Gasteiger partial charge in [0.25, 0.3) is 0 Å². The van der Waals surface area contributed by atoms with Crippen LogP contribution in [-0.2, 0) is 0 Å². The SMILES string of the molecule is CCN[C@H](C)c1cccc(-c2cn3ccnc3c(Cl)n2)c1. The maximum Gasteiger partial charge on any atom is 0.174 e. The molecule has 0 radical (unpaired) electrons. The fourth-order valence-corrected chi connectivity index (χ4v) is 2.66. The minimum absolute atomic E-state index is 0.308. The van der Waals surface area contributed by atoms with Crippen LogP contribution in [0.1, 0.15) is 25.5 Å². The number of nitrogens with one attached hydrogen (secondary N) is 1. The minimum Gasteiger partial charge on any atom is -0.310 e. The van der Waals surface area contributed by atoms with Gasteiger partial charge in [-0.2, -0.15) is 0 Å². The number of halogens is 1. The Kier molecular flexibility index (Phi) is 3.90. The molecule has 0 aliphatic heterocycles. The third-order valence-electron chi connectivity index (χ3n) is 3.53. The van der Waals surface area contributed by atoms with Gasteiger partial charge in [-0.15, -0.1) is 0 Å². The second-order valence-corrected chi connectivity index (χ2v) is 5.34. The standard InChI is InChI=1S/C16H17ClN4/c1-3-18-11(2)12-5-4-6-13(9-12)14-10-21-8-7-19-16(21)15(17)20-14/h4-11,18H,3H2,1-2H3/t11-/m1/s1. The van der Waals surface area contributed by atoms with Gasteiger partial charge in [-0.25, -0.2) is 9.97 Å². The molecule has 0 saturated heterocycles. The maximum atomic E-state index is 6.20. The van der Waals surface area contributed by atoms with Crippen molar-refractivity contribution >= 4 is 17.2 Å². The number of rotatable bonds is 4. The number of aromatic nitrogens is 3. The Bertz CT molecular complexity index is 766. The van der Waals surface area contributed by atoms with Crippen molar-refractivity contribution in [2.75, 3.05) is 6.54 Å². The van der Waals surface area contributed by atoms with Gasteiger partial charge in [-0.05, 0) is 25.1 Å². The quantitative estimate of drug-likeness (QED) is 0.798. The van der Waals surface area contributed by atoms with E-state index in [2.05, 4.69) is 41.3 Å². The Morgan fingerprint density at radius 3 is 3.05 bits per heavy atom. The first-order valence-corrected chi connectivity index (χ1v) is 7.39. The Morgan fingerprint density at radius 2 is 2.24 bits per heavy atom. The van der Waals surface area contributed by atoms with Crippen molar-refractivity contribution in [3.05, 3.63) is 53.6 Å². The number of hydrogen-bond donors (Lipinski definition) is 1. The highest BCUT2D eigenvalue weighted by molar-refractivity contribution is 6.32. The smallest absolute Gasteiger partial charge is 0.174 e. The van der Waals surface area contributed by atoms with Crippen molar-refractivity contribution in [1.82, 2.24) is 19.7 Å². The number of fused-ring (bicyclic) bond motifs is 1. The molecule has 1 aromatic carbocycles. The van der Waals surface area contributed by atoms with Crippen molar-refractivity contribution in [2.45, 2.75) is 19.9 Å². The first kappa shape index (κ1) is 14.0. The molecule has 0 amide bonds. The summed E-state index contributed by atoms with van der Waals surface area (Å²) in [6.07, 6.45) is 5.54. The van der Waals surface area contributed by atoms with E-state index in [1.807, 2.05) is 28.9 Å². The lowest BCUT2D eigenvalue weighted by molar-refractivity contribution is 0.598. The summed E-state index contributed by atoms with van der Waals surface area (Å²) in [4.78, 5) is 8.63. The summed E-state index contributed by atoms with van der Waals surface area (Å²) >= 11 is 6.20. The van der Waals surface area contributed by atoms with Crippen LogP contribution in [0.5, 0.6) is 0 Å². The highest BCUT2D eigenvalue weighted by Crippen LogP contribution is 2.24. The number of imidazole rings is 1. The van der Waals surface area contributed by atoms with Gasteiger partial charge in [0.05, 0.1) is 5.69 Å². The van der Waals surface area contributed by atoms with E-state index in [1.165, 1.54) is 5.56 Å². The lowest BCUT2D eigenvalue weighted by Gasteiger charge is -2.14. The summed E-state index contributed by atoms with van der Waals surface area (Å²) in [7, 11) is 0. The van der Waals surface area contributed by atoms with Crippen molar-refractivity contribution in [1.29, 1.82) is 0 Å². The second kappa shape index (κ2) is 5.84. The van der Waals surface area contributed by atoms with Gasteiger partial charge in [0.15, 0.2) is 10.8 Å². The van der Waals surface area contributed by atoms with Crippen LogP contribution in [0.4, 0.5) is 0 Å². The molecule has 2 aromatic heterocycles. The van der Waals surface area contributed by atoms with E-state index in [4.69, 9.17) is 11.6 Å². The van der Waals surface area contributed by atoms with Gasteiger partial charge in [0.2, 0.25) is 0 Å². The summed E-state index contributed by atoms with van der Waals surface area (Å²) in [5, 5.41) is 3.83. The molecular weight excluding hydrogens is 284 g/mol. The van der Waals surface area contributed by atoms with Gasteiger partial charge >= 0.3 is 0 Å². The molecule has 0 bridgehead atoms. The number of hydrogen-bond acceptors (Lipinski definition) is 3. The van der Waals surface area contributed by atoms with Crippen LogP contribution < -0.4 is 5.32 Å². The monoisotopic (exact) mass is 300 g/mol. The third-order valence-corrected chi connectivity index (χ3v) is 3.78. The number of nitrogens with zero attached hydrogens (tertiary/aromatic N) is 3. The minimum atomic E-state index is 0.308. The predicted molar refractivity (Wildman–Crippen MR) is 85.5 cm³/mol. The van der Waals surface area contributed by atoms with Crippen LogP contribution >= 0.6 is 11.6 Å². The van der Waals surface area contributed by atoms with Crippen LogP contribution in [0.25, 0.3) is 16.9 Å². The molecule has 3 rings (SSSR count). The molecule has 0 saturated carbocycles. The van der Waals surface area contributed by atoms with Crippen LogP contribution in [0, 0.1) is 0 Å². The fourth-order valence-electron chi connectivity index (χ4n) is 2.42. The van der Waals surface area contributed by atoms with E-state index in [-0.39, 0.29) is 0 Å². The van der Waals surface area contributed by atoms with E-state index in [1.54, 1.807) is 6.20 Å². The summed E-state index contributed by atoms with van der Waals surface area (Å²) in [6.45, 7) is 5.20. The van der Waals surface area contributed by atoms with Crippen molar-refractivity contribution in [2.24, 2.45) is 0 Å². The molecule has 5 heteroatoms. The molecule has 21 heavy (non-hydrogen) atoms. The van der Waals surface area contributed by atoms with Gasteiger partial charge in [-0.1, -0.05) is 36.7 Å². The van der Waals surface area contributed by atoms with Gasteiger partial charge in [-0.3, -0.25) is 0 Å².